The van der Waals surface area contributed by atoms with Gasteiger partial charge in [0.1, 0.15) is 5.82 Å². The van der Waals surface area contributed by atoms with Gasteiger partial charge in [0.15, 0.2) is 5.75 Å². The molecule has 0 saturated carbocycles. The minimum Gasteiger partial charge on any atom is -0.377 e. The van der Waals surface area contributed by atoms with E-state index in [0.29, 0.717) is 16.6 Å². The van der Waals surface area contributed by atoms with E-state index in [0.717, 1.165) is 23.6 Å². The van der Waals surface area contributed by atoms with Gasteiger partial charge in [0.2, 0.25) is 0 Å². The minimum absolute atomic E-state index is 0.103. The highest BCUT2D eigenvalue weighted by atomic mass is 32.2. The van der Waals surface area contributed by atoms with Crippen LogP contribution >= 0.6 is 0 Å². The maximum absolute atomic E-state index is 14.0. The molecule has 3 aromatic rings. The first-order valence-corrected chi connectivity index (χ1v) is 9.42. The Morgan fingerprint density at radius 2 is 1.64 bits per heavy atom. The molecule has 3 rings (SSSR count). The lowest BCUT2D eigenvalue weighted by atomic mass is 9.95. The first-order chi connectivity index (χ1) is 13.0. The fourth-order valence-electron chi connectivity index (χ4n) is 2.85. The fraction of sp³-hybridized carbons (Fsp3) is 0.158. The van der Waals surface area contributed by atoms with Gasteiger partial charge in [-0.2, -0.15) is 21.6 Å². The van der Waals surface area contributed by atoms with Gasteiger partial charge in [0, 0.05) is 30.9 Å². The Morgan fingerprint density at radius 3 is 2.29 bits per heavy atom. The summed E-state index contributed by atoms with van der Waals surface area (Å²) in [5, 5.41) is 1.35. The molecule has 0 unspecified atom stereocenters. The van der Waals surface area contributed by atoms with Crippen LogP contribution in [0.5, 0.6) is 5.75 Å². The first kappa shape index (κ1) is 19.9. The van der Waals surface area contributed by atoms with Crippen LogP contribution in [0.15, 0.2) is 54.6 Å². The number of fused-ring (bicyclic) bond motifs is 1. The number of benzene rings is 3. The standard InChI is InChI=1S/C19H15F4NO3S/c1-24(2)16-9-7-12-5-3-4-6-14(12)18(16)15-11-13(20)8-10-17(15)27-28(25,26)19(21,22)23/h3-11H,1-2H3. The van der Waals surface area contributed by atoms with Crippen molar-refractivity contribution in [3.63, 3.8) is 0 Å². The maximum atomic E-state index is 14.0. The second-order valence-electron chi connectivity index (χ2n) is 6.20. The van der Waals surface area contributed by atoms with Gasteiger partial charge in [-0.15, -0.1) is 0 Å². The van der Waals surface area contributed by atoms with Gasteiger partial charge >= 0.3 is 15.6 Å². The van der Waals surface area contributed by atoms with E-state index < -0.39 is 27.2 Å². The molecular weight excluding hydrogens is 398 g/mol. The van der Waals surface area contributed by atoms with E-state index in [1.165, 1.54) is 0 Å². The van der Waals surface area contributed by atoms with Crippen molar-refractivity contribution in [1.29, 1.82) is 0 Å². The summed E-state index contributed by atoms with van der Waals surface area (Å²) in [4.78, 5) is 1.69. The molecule has 0 aliphatic heterocycles. The van der Waals surface area contributed by atoms with Crippen LogP contribution in [0, 0.1) is 5.82 Å². The molecule has 0 heterocycles. The molecule has 0 amide bonds. The summed E-state index contributed by atoms with van der Waals surface area (Å²) in [6.45, 7) is 0. The molecule has 4 nitrogen and oxygen atoms in total. The minimum atomic E-state index is -5.92. The van der Waals surface area contributed by atoms with Crippen LogP contribution in [-0.4, -0.2) is 28.0 Å². The third-order valence-electron chi connectivity index (χ3n) is 4.08. The van der Waals surface area contributed by atoms with Crippen molar-refractivity contribution in [2.45, 2.75) is 5.51 Å². The molecule has 0 radical (unpaired) electrons. The third kappa shape index (κ3) is 3.62. The van der Waals surface area contributed by atoms with Crippen molar-refractivity contribution in [3.05, 3.63) is 60.4 Å². The molecule has 0 fully saturated rings. The quantitative estimate of drug-likeness (QED) is 0.345. The summed E-state index contributed by atoms with van der Waals surface area (Å²) in [6.07, 6.45) is 0. The second-order valence-corrected chi connectivity index (χ2v) is 7.74. The highest BCUT2D eigenvalue weighted by Crippen LogP contribution is 2.43. The number of alkyl halides is 3. The van der Waals surface area contributed by atoms with Crippen molar-refractivity contribution in [2.24, 2.45) is 0 Å². The average Bonchev–Trinajstić information content (AvgIpc) is 2.61. The highest BCUT2D eigenvalue weighted by molar-refractivity contribution is 7.88. The number of halogens is 4. The van der Waals surface area contributed by atoms with Crippen molar-refractivity contribution in [1.82, 2.24) is 0 Å². The van der Waals surface area contributed by atoms with Crippen LogP contribution in [0.3, 0.4) is 0 Å². The molecule has 148 valence electrons. The number of hydrogen-bond donors (Lipinski definition) is 0. The average molecular weight is 413 g/mol. The molecule has 0 bridgehead atoms. The van der Waals surface area contributed by atoms with Crippen molar-refractivity contribution in [3.8, 4) is 16.9 Å². The van der Waals surface area contributed by atoms with Crippen LogP contribution in [0.25, 0.3) is 21.9 Å². The summed E-state index contributed by atoms with van der Waals surface area (Å²) < 4.78 is 79.8. The van der Waals surface area contributed by atoms with E-state index in [1.54, 1.807) is 55.4 Å². The Hall–Kier alpha value is -2.81. The van der Waals surface area contributed by atoms with Gasteiger partial charge in [-0.3, -0.25) is 0 Å². The van der Waals surface area contributed by atoms with E-state index >= 15 is 0 Å². The molecule has 9 heteroatoms. The highest BCUT2D eigenvalue weighted by Gasteiger charge is 2.48. The normalized spacial score (nSPS) is 12.2. The molecule has 0 aliphatic rings. The van der Waals surface area contributed by atoms with E-state index in [1.807, 2.05) is 0 Å². The molecule has 3 aromatic carbocycles. The zero-order chi connectivity index (χ0) is 20.7. The molecule has 0 aromatic heterocycles. The lowest BCUT2D eigenvalue weighted by Crippen LogP contribution is -2.28. The summed E-state index contributed by atoms with van der Waals surface area (Å²) in [7, 11) is -2.50. The predicted molar refractivity (Wildman–Crippen MR) is 99.3 cm³/mol. The van der Waals surface area contributed by atoms with Crippen molar-refractivity contribution < 1.29 is 30.2 Å². The zero-order valence-corrected chi connectivity index (χ0v) is 15.6. The lowest BCUT2D eigenvalue weighted by molar-refractivity contribution is -0.0499. The number of hydrogen-bond acceptors (Lipinski definition) is 4. The summed E-state index contributed by atoms with van der Waals surface area (Å²) in [5.41, 5.74) is -4.80. The van der Waals surface area contributed by atoms with Gasteiger partial charge in [-0.05, 0) is 35.0 Å². The largest absolute Gasteiger partial charge is 0.534 e. The van der Waals surface area contributed by atoms with Crippen LogP contribution in [0.2, 0.25) is 0 Å². The molecule has 0 saturated heterocycles. The Kier molecular flexibility index (Phi) is 4.97. The van der Waals surface area contributed by atoms with E-state index in [9.17, 15) is 26.0 Å². The van der Waals surface area contributed by atoms with Crippen LogP contribution in [0.4, 0.5) is 23.2 Å². The molecular formula is C19H15F4NO3S. The SMILES string of the molecule is CN(C)c1ccc2ccccc2c1-c1cc(F)ccc1OS(=O)(=O)C(F)(F)F. The second kappa shape index (κ2) is 6.97. The Morgan fingerprint density at radius 1 is 0.964 bits per heavy atom. The van der Waals surface area contributed by atoms with E-state index in [4.69, 9.17) is 0 Å². The smallest absolute Gasteiger partial charge is 0.377 e. The van der Waals surface area contributed by atoms with Crippen LogP contribution < -0.4 is 9.08 Å². The van der Waals surface area contributed by atoms with Gasteiger partial charge in [0.25, 0.3) is 0 Å². The topological polar surface area (TPSA) is 46.6 Å². The zero-order valence-electron chi connectivity index (χ0n) is 14.8. The van der Waals surface area contributed by atoms with Crippen LogP contribution in [-0.2, 0) is 10.1 Å². The predicted octanol–water partition coefficient (Wildman–Crippen LogP) is 4.94. The van der Waals surface area contributed by atoms with Gasteiger partial charge in [0.05, 0.1) is 0 Å². The monoisotopic (exact) mass is 413 g/mol. The van der Waals surface area contributed by atoms with Gasteiger partial charge in [-0.1, -0.05) is 30.3 Å². The lowest BCUT2D eigenvalue weighted by Gasteiger charge is -2.21. The Labute approximate surface area is 159 Å². The molecule has 0 atom stereocenters. The van der Waals surface area contributed by atoms with Crippen molar-refractivity contribution >= 4 is 26.6 Å². The molecule has 0 spiro atoms. The molecule has 0 N–H and O–H groups in total. The summed E-state index contributed by atoms with van der Waals surface area (Å²) in [6, 6.07) is 13.2. The first-order valence-electron chi connectivity index (χ1n) is 8.01. The van der Waals surface area contributed by atoms with Gasteiger partial charge < -0.3 is 9.08 Å². The number of nitrogens with zero attached hydrogens (tertiary/aromatic N) is 1. The van der Waals surface area contributed by atoms with Crippen molar-refractivity contribution in [2.75, 3.05) is 19.0 Å². The van der Waals surface area contributed by atoms with E-state index in [2.05, 4.69) is 4.18 Å². The van der Waals surface area contributed by atoms with E-state index in [-0.39, 0.29) is 5.56 Å². The maximum Gasteiger partial charge on any atom is 0.534 e. The Balaban J connectivity index is 2.34. The van der Waals surface area contributed by atoms with Crippen LogP contribution in [0.1, 0.15) is 0 Å². The third-order valence-corrected chi connectivity index (χ3v) is 5.05. The molecule has 28 heavy (non-hydrogen) atoms. The van der Waals surface area contributed by atoms with Gasteiger partial charge in [-0.25, -0.2) is 4.39 Å². The summed E-state index contributed by atoms with van der Waals surface area (Å²) >= 11 is 0. The number of rotatable bonds is 4. The number of anilines is 1. The fourth-order valence-corrected chi connectivity index (χ4v) is 3.33. The Bertz CT molecular complexity index is 1140. The molecule has 0 aliphatic carbocycles. The summed E-state index contributed by atoms with van der Waals surface area (Å²) in [5.74, 6) is -1.36.